The first-order chi connectivity index (χ1) is 19.7. The Bertz CT molecular complexity index is 1430. The maximum absolute atomic E-state index is 12.7. The van der Waals surface area contributed by atoms with E-state index in [1.165, 1.54) is 0 Å². The molecule has 1 atom stereocenters. The number of fused-ring (bicyclic) bond motifs is 1. The van der Waals surface area contributed by atoms with Gasteiger partial charge in [0.25, 0.3) is 5.91 Å². The second kappa shape index (κ2) is 12.5. The molecule has 2 amide bonds. The molecule has 3 aromatic carbocycles. The van der Waals surface area contributed by atoms with Gasteiger partial charge in [0.1, 0.15) is 11.9 Å². The van der Waals surface area contributed by atoms with Crippen molar-refractivity contribution >= 4 is 40.3 Å². The van der Waals surface area contributed by atoms with E-state index in [9.17, 15) is 14.4 Å². The second-order valence-electron chi connectivity index (χ2n) is 10.7. The number of hydrogen-bond donors (Lipinski definition) is 2. The highest BCUT2D eigenvalue weighted by atomic mass is 16.6. The molecular formula is C31H35N5O5. The van der Waals surface area contributed by atoms with E-state index in [2.05, 4.69) is 15.1 Å². The van der Waals surface area contributed by atoms with E-state index < -0.39 is 6.09 Å². The van der Waals surface area contributed by atoms with Crippen LogP contribution in [0.5, 0.6) is 0 Å². The van der Waals surface area contributed by atoms with Gasteiger partial charge < -0.3 is 14.8 Å². The first kappa shape index (κ1) is 28.3. The van der Waals surface area contributed by atoms with Crippen LogP contribution in [0.4, 0.5) is 10.5 Å². The van der Waals surface area contributed by atoms with E-state index in [0.29, 0.717) is 36.4 Å². The number of carbonyl (C=O) groups excluding carboxylic acids is 3. The fraction of sp³-hybridized carbons (Fsp3) is 0.355. The Labute approximate surface area is 239 Å². The molecule has 41 heavy (non-hydrogen) atoms. The molecule has 214 valence electrons. The fourth-order valence-electron chi connectivity index (χ4n) is 5.12. The monoisotopic (exact) mass is 557 g/mol. The fourth-order valence-corrected chi connectivity index (χ4v) is 5.12. The molecule has 2 N–H and O–H groups in total. The Morgan fingerprint density at radius 2 is 1.61 bits per heavy atom. The van der Waals surface area contributed by atoms with Gasteiger partial charge in [-0.25, -0.2) is 4.79 Å². The highest BCUT2D eigenvalue weighted by molar-refractivity contribution is 6.12. The minimum absolute atomic E-state index is 0.0202. The highest BCUT2D eigenvalue weighted by Gasteiger charge is 2.34. The molecule has 0 aromatic heterocycles. The average molecular weight is 558 g/mol. The quantitative estimate of drug-likeness (QED) is 0.248. The lowest BCUT2D eigenvalue weighted by Crippen LogP contribution is -2.50. The Kier molecular flexibility index (Phi) is 8.61. The van der Waals surface area contributed by atoms with E-state index in [-0.39, 0.29) is 29.9 Å². The molecule has 2 saturated heterocycles. The maximum Gasteiger partial charge on any atom is 0.414 e. The number of benzene rings is 3. The van der Waals surface area contributed by atoms with Gasteiger partial charge in [0.15, 0.2) is 0 Å². The number of hydrogen-bond acceptors (Lipinski definition) is 8. The molecule has 2 fully saturated rings. The number of carbonyl (C=O) groups is 3. The van der Waals surface area contributed by atoms with E-state index in [0.717, 1.165) is 37.0 Å². The van der Waals surface area contributed by atoms with Crippen LogP contribution in [0, 0.1) is 5.41 Å². The van der Waals surface area contributed by atoms with Gasteiger partial charge in [-0.3, -0.25) is 29.7 Å². The third-order valence-electron chi connectivity index (χ3n) is 7.24. The second-order valence-corrected chi connectivity index (χ2v) is 10.7. The highest BCUT2D eigenvalue weighted by Crippen LogP contribution is 2.23. The Balaban J connectivity index is 1.11. The predicted molar refractivity (Wildman–Crippen MR) is 156 cm³/mol. The van der Waals surface area contributed by atoms with Crippen molar-refractivity contribution < 1.29 is 23.9 Å². The molecule has 0 saturated carbocycles. The largest absolute Gasteiger partial charge is 0.462 e. The Hall–Kier alpha value is -4.28. The van der Waals surface area contributed by atoms with E-state index in [4.69, 9.17) is 14.9 Å². The van der Waals surface area contributed by atoms with Crippen molar-refractivity contribution in [3.63, 3.8) is 0 Å². The number of rotatable bonds is 8. The van der Waals surface area contributed by atoms with Crippen molar-refractivity contribution in [2.24, 2.45) is 0 Å². The summed E-state index contributed by atoms with van der Waals surface area (Å²) < 4.78 is 10.9. The van der Waals surface area contributed by atoms with Gasteiger partial charge in [-0.2, -0.15) is 0 Å². The molecule has 5 rings (SSSR count). The normalized spacial score (nSPS) is 18.0. The van der Waals surface area contributed by atoms with Crippen LogP contribution in [0.25, 0.3) is 10.8 Å². The van der Waals surface area contributed by atoms with Gasteiger partial charge in [0.05, 0.1) is 19.2 Å². The van der Waals surface area contributed by atoms with Crippen LogP contribution in [0.15, 0.2) is 66.7 Å². The number of amidine groups is 1. The van der Waals surface area contributed by atoms with Crippen LogP contribution < -0.4 is 10.2 Å². The van der Waals surface area contributed by atoms with Crippen LogP contribution in [-0.4, -0.2) is 91.6 Å². The standard InChI is InChI=1S/C31H35N5O5/c1-21(2)40-28(37)20-35-15-13-34(14-16-35)18-27-19-36(31(39)41-27)26-11-9-23(10-12-26)29(32)33-30(38)25-8-7-22-5-3-4-6-24(22)17-25/h3-12,17,21,27H,13-16,18-20H2,1-2H3,(H2,32,33,38). The first-order valence-corrected chi connectivity index (χ1v) is 13.9. The smallest absolute Gasteiger partial charge is 0.414 e. The van der Waals surface area contributed by atoms with Gasteiger partial charge in [-0.05, 0) is 61.0 Å². The maximum atomic E-state index is 12.7. The Morgan fingerprint density at radius 1 is 0.951 bits per heavy atom. The van der Waals surface area contributed by atoms with Crippen molar-refractivity contribution in [2.75, 3.05) is 50.7 Å². The van der Waals surface area contributed by atoms with Crippen molar-refractivity contribution in [1.29, 1.82) is 5.41 Å². The molecule has 10 heteroatoms. The first-order valence-electron chi connectivity index (χ1n) is 13.9. The van der Waals surface area contributed by atoms with Crippen molar-refractivity contribution in [3.8, 4) is 0 Å². The summed E-state index contributed by atoms with van der Waals surface area (Å²) in [5.41, 5.74) is 1.68. The number of anilines is 1. The lowest BCUT2D eigenvalue weighted by molar-refractivity contribution is -0.149. The number of ether oxygens (including phenoxy) is 2. The van der Waals surface area contributed by atoms with E-state index >= 15 is 0 Å². The summed E-state index contributed by atoms with van der Waals surface area (Å²) in [6.45, 7) is 8.09. The molecule has 3 aromatic rings. The zero-order valence-corrected chi connectivity index (χ0v) is 23.3. The van der Waals surface area contributed by atoms with Gasteiger partial charge in [0.2, 0.25) is 0 Å². The molecule has 0 spiro atoms. The van der Waals surface area contributed by atoms with Crippen LogP contribution in [0.1, 0.15) is 29.8 Å². The number of esters is 1. The molecule has 2 aliphatic rings. The molecule has 1 unspecified atom stereocenters. The SMILES string of the molecule is CC(C)OC(=O)CN1CCN(CC2CN(c3ccc(C(=N)NC(=O)c4ccc5ccccc5c4)cc3)C(=O)O2)CC1. The summed E-state index contributed by atoms with van der Waals surface area (Å²) in [5, 5.41) is 13.0. The number of amides is 2. The van der Waals surface area contributed by atoms with Crippen LogP contribution in [0.2, 0.25) is 0 Å². The molecule has 0 radical (unpaired) electrons. The zero-order chi connectivity index (χ0) is 28.9. The molecule has 2 heterocycles. The Morgan fingerprint density at radius 3 is 2.32 bits per heavy atom. The number of nitrogens with one attached hydrogen (secondary N) is 2. The van der Waals surface area contributed by atoms with Crippen LogP contribution in [0.3, 0.4) is 0 Å². The van der Waals surface area contributed by atoms with E-state index in [1.54, 1.807) is 41.3 Å². The van der Waals surface area contributed by atoms with Crippen LogP contribution in [-0.2, 0) is 14.3 Å². The minimum Gasteiger partial charge on any atom is -0.462 e. The zero-order valence-electron chi connectivity index (χ0n) is 23.3. The summed E-state index contributed by atoms with van der Waals surface area (Å²) in [6, 6.07) is 20.2. The molecule has 0 bridgehead atoms. The van der Waals surface area contributed by atoms with Crippen molar-refractivity contribution in [3.05, 3.63) is 77.9 Å². The minimum atomic E-state index is -0.405. The van der Waals surface area contributed by atoms with Crippen LogP contribution >= 0.6 is 0 Å². The lowest BCUT2D eigenvalue weighted by atomic mass is 10.1. The summed E-state index contributed by atoms with van der Waals surface area (Å²) in [7, 11) is 0. The summed E-state index contributed by atoms with van der Waals surface area (Å²) >= 11 is 0. The van der Waals surface area contributed by atoms with E-state index in [1.807, 2.05) is 44.2 Å². The predicted octanol–water partition coefficient (Wildman–Crippen LogP) is 3.49. The molecule has 0 aliphatic carbocycles. The number of piperazine rings is 1. The third kappa shape index (κ3) is 7.08. The number of nitrogens with zero attached hydrogens (tertiary/aromatic N) is 3. The van der Waals surface area contributed by atoms with Crippen molar-refractivity contribution in [1.82, 2.24) is 15.1 Å². The van der Waals surface area contributed by atoms with Gasteiger partial charge in [-0.15, -0.1) is 0 Å². The van der Waals surface area contributed by atoms with Gasteiger partial charge in [0, 0.05) is 49.5 Å². The average Bonchev–Trinajstić information content (AvgIpc) is 3.33. The summed E-state index contributed by atoms with van der Waals surface area (Å²) in [6.07, 6.45) is -0.786. The number of cyclic esters (lactones) is 1. The molecule has 10 nitrogen and oxygen atoms in total. The summed E-state index contributed by atoms with van der Waals surface area (Å²) in [5.74, 6) is -0.581. The van der Waals surface area contributed by atoms with Gasteiger partial charge >= 0.3 is 12.1 Å². The lowest BCUT2D eigenvalue weighted by Gasteiger charge is -2.34. The third-order valence-corrected chi connectivity index (χ3v) is 7.24. The molecular weight excluding hydrogens is 522 g/mol. The molecule has 2 aliphatic heterocycles. The summed E-state index contributed by atoms with van der Waals surface area (Å²) in [4.78, 5) is 43.2. The van der Waals surface area contributed by atoms with Crippen molar-refractivity contribution in [2.45, 2.75) is 26.1 Å². The van der Waals surface area contributed by atoms with Gasteiger partial charge in [-0.1, -0.05) is 30.3 Å². The topological polar surface area (TPSA) is 115 Å².